The predicted molar refractivity (Wildman–Crippen MR) is 77.7 cm³/mol. The van der Waals surface area contributed by atoms with Gasteiger partial charge in [0.15, 0.2) is 0 Å². The quantitative estimate of drug-likeness (QED) is 0.861. The summed E-state index contributed by atoms with van der Waals surface area (Å²) in [5, 5.41) is 2.97. The topological polar surface area (TPSA) is 50.9 Å². The number of hydrogen-bond donors (Lipinski definition) is 1. The average molecular weight is 277 g/mol. The fourth-order valence-electron chi connectivity index (χ4n) is 2.21. The molecular formula is C16H23NO3. The normalized spacial score (nSPS) is 20.9. The molecule has 0 aliphatic carbocycles. The van der Waals surface area contributed by atoms with E-state index >= 15 is 0 Å². The van der Waals surface area contributed by atoms with E-state index in [1.807, 2.05) is 45.9 Å². The molecule has 0 radical (unpaired) electrons. The molecule has 4 nitrogen and oxygen atoms in total. The summed E-state index contributed by atoms with van der Waals surface area (Å²) < 4.78 is 10.8. The van der Waals surface area contributed by atoms with E-state index in [2.05, 4.69) is 17.4 Å². The van der Waals surface area contributed by atoms with Crippen molar-refractivity contribution >= 4 is 6.09 Å². The molecule has 1 fully saturated rings. The summed E-state index contributed by atoms with van der Waals surface area (Å²) in [5.74, 6) is 0. The third kappa shape index (κ3) is 4.23. The van der Waals surface area contributed by atoms with Crippen molar-refractivity contribution in [1.29, 1.82) is 0 Å². The van der Waals surface area contributed by atoms with Crippen molar-refractivity contribution in [2.24, 2.45) is 0 Å². The number of rotatable bonds is 4. The van der Waals surface area contributed by atoms with E-state index in [0.717, 1.165) is 6.42 Å². The molecule has 2 unspecified atom stereocenters. The molecule has 1 aliphatic rings. The van der Waals surface area contributed by atoms with Crippen LogP contribution in [0.4, 0.5) is 4.79 Å². The molecule has 1 aliphatic heterocycles. The van der Waals surface area contributed by atoms with Gasteiger partial charge < -0.3 is 14.8 Å². The van der Waals surface area contributed by atoms with Gasteiger partial charge in [-0.25, -0.2) is 4.79 Å². The van der Waals surface area contributed by atoms with Gasteiger partial charge in [0.1, 0.15) is 11.7 Å². The maximum absolute atomic E-state index is 12.0. The number of carbonyl (C=O) groups is 1. The molecule has 0 bridgehead atoms. The van der Waals surface area contributed by atoms with Gasteiger partial charge in [0.2, 0.25) is 0 Å². The Morgan fingerprint density at radius 3 is 2.40 bits per heavy atom. The van der Waals surface area contributed by atoms with Crippen molar-refractivity contribution in [2.45, 2.75) is 51.4 Å². The first kappa shape index (κ1) is 14.9. The second kappa shape index (κ2) is 5.44. The molecule has 1 N–H and O–H groups in total. The standard InChI is InChI=1S/C16H23NO3/c1-15(2,3)20-14(18)17-16(4,13-11-19-13)10-12-8-6-5-7-9-12/h5-9,13H,10-11H2,1-4H3,(H,17,18). The van der Waals surface area contributed by atoms with E-state index in [9.17, 15) is 4.79 Å². The Morgan fingerprint density at radius 1 is 1.30 bits per heavy atom. The molecule has 0 spiro atoms. The van der Waals surface area contributed by atoms with Gasteiger partial charge in [-0.2, -0.15) is 0 Å². The molecule has 2 atom stereocenters. The van der Waals surface area contributed by atoms with E-state index in [-0.39, 0.29) is 6.10 Å². The van der Waals surface area contributed by atoms with E-state index in [1.54, 1.807) is 0 Å². The third-order valence-corrected chi connectivity index (χ3v) is 3.24. The number of benzene rings is 1. The molecule has 110 valence electrons. The Bertz CT molecular complexity index is 462. The number of hydrogen-bond acceptors (Lipinski definition) is 3. The van der Waals surface area contributed by atoms with Crippen molar-refractivity contribution in [2.75, 3.05) is 6.61 Å². The van der Waals surface area contributed by atoms with Crippen LogP contribution in [0.15, 0.2) is 30.3 Å². The van der Waals surface area contributed by atoms with Crippen molar-refractivity contribution in [3.63, 3.8) is 0 Å². The smallest absolute Gasteiger partial charge is 0.408 e. The van der Waals surface area contributed by atoms with E-state index in [4.69, 9.17) is 9.47 Å². The van der Waals surface area contributed by atoms with Gasteiger partial charge in [-0.3, -0.25) is 0 Å². The predicted octanol–water partition coefficient (Wildman–Crippen LogP) is 2.91. The summed E-state index contributed by atoms with van der Waals surface area (Å²) in [7, 11) is 0. The number of epoxide rings is 1. The highest BCUT2D eigenvalue weighted by atomic mass is 16.6. The zero-order chi connectivity index (χ0) is 14.8. The highest BCUT2D eigenvalue weighted by Crippen LogP contribution is 2.28. The Hall–Kier alpha value is -1.55. The lowest BCUT2D eigenvalue weighted by molar-refractivity contribution is 0.0443. The SMILES string of the molecule is CC(C)(C)OC(=O)NC(C)(Cc1ccccc1)C1CO1. The monoisotopic (exact) mass is 277 g/mol. The van der Waals surface area contributed by atoms with Crippen molar-refractivity contribution in [1.82, 2.24) is 5.32 Å². The molecule has 1 heterocycles. The maximum Gasteiger partial charge on any atom is 0.408 e. The molecule has 0 aromatic heterocycles. The van der Waals surface area contributed by atoms with E-state index in [0.29, 0.717) is 6.61 Å². The molecule has 1 amide bonds. The van der Waals surface area contributed by atoms with Crippen LogP contribution in [0, 0.1) is 0 Å². The van der Waals surface area contributed by atoms with Crippen molar-refractivity contribution < 1.29 is 14.3 Å². The third-order valence-electron chi connectivity index (χ3n) is 3.24. The minimum absolute atomic E-state index is 0.0511. The van der Waals surface area contributed by atoms with Crippen LogP contribution >= 0.6 is 0 Å². The van der Waals surface area contributed by atoms with Crippen molar-refractivity contribution in [3.05, 3.63) is 35.9 Å². The molecule has 1 aromatic rings. The summed E-state index contributed by atoms with van der Waals surface area (Å²) in [6, 6.07) is 10.1. The van der Waals surface area contributed by atoms with Crippen LogP contribution < -0.4 is 5.32 Å². The van der Waals surface area contributed by atoms with Gasteiger partial charge in [0.05, 0.1) is 12.1 Å². The highest BCUT2D eigenvalue weighted by Gasteiger charge is 2.45. The molecule has 1 saturated heterocycles. The summed E-state index contributed by atoms with van der Waals surface area (Å²) in [6.45, 7) is 8.25. The Balaban J connectivity index is 2.04. The van der Waals surface area contributed by atoms with Crippen LogP contribution in [0.1, 0.15) is 33.3 Å². The first-order valence-corrected chi connectivity index (χ1v) is 6.95. The first-order valence-electron chi connectivity index (χ1n) is 6.95. The van der Waals surface area contributed by atoms with Crippen LogP contribution in [0.5, 0.6) is 0 Å². The molecule has 20 heavy (non-hydrogen) atoms. The summed E-state index contributed by atoms with van der Waals surface area (Å²) in [5.41, 5.74) is 0.229. The van der Waals surface area contributed by atoms with Gasteiger partial charge in [-0.15, -0.1) is 0 Å². The van der Waals surface area contributed by atoms with Gasteiger partial charge >= 0.3 is 6.09 Å². The lowest BCUT2D eigenvalue weighted by atomic mass is 9.90. The summed E-state index contributed by atoms with van der Waals surface area (Å²) in [4.78, 5) is 12.0. The van der Waals surface area contributed by atoms with E-state index in [1.165, 1.54) is 5.56 Å². The molecular weight excluding hydrogens is 254 g/mol. The van der Waals surface area contributed by atoms with Crippen molar-refractivity contribution in [3.8, 4) is 0 Å². The number of amides is 1. The highest BCUT2D eigenvalue weighted by molar-refractivity contribution is 5.69. The van der Waals surface area contributed by atoms with Crippen LogP contribution in [0.3, 0.4) is 0 Å². The largest absolute Gasteiger partial charge is 0.444 e. The summed E-state index contributed by atoms with van der Waals surface area (Å²) >= 11 is 0. The Labute approximate surface area is 120 Å². The summed E-state index contributed by atoms with van der Waals surface area (Å²) in [6.07, 6.45) is 0.374. The molecule has 1 aromatic carbocycles. The number of alkyl carbamates (subject to hydrolysis) is 1. The molecule has 0 saturated carbocycles. The minimum atomic E-state index is -0.498. The fraction of sp³-hybridized carbons (Fsp3) is 0.562. The van der Waals surface area contributed by atoms with E-state index < -0.39 is 17.2 Å². The van der Waals surface area contributed by atoms with Crippen LogP contribution in [0.25, 0.3) is 0 Å². The molecule has 4 heteroatoms. The van der Waals surface area contributed by atoms with Gasteiger partial charge in [0, 0.05) is 0 Å². The van der Waals surface area contributed by atoms with Crippen LogP contribution in [-0.2, 0) is 15.9 Å². The van der Waals surface area contributed by atoms with Gasteiger partial charge in [-0.1, -0.05) is 30.3 Å². The number of carbonyl (C=O) groups excluding carboxylic acids is 1. The van der Waals surface area contributed by atoms with Gasteiger partial charge in [-0.05, 0) is 39.7 Å². The molecule has 2 rings (SSSR count). The zero-order valence-electron chi connectivity index (χ0n) is 12.6. The lowest BCUT2D eigenvalue weighted by Gasteiger charge is -2.31. The van der Waals surface area contributed by atoms with Gasteiger partial charge in [0.25, 0.3) is 0 Å². The van der Waals surface area contributed by atoms with Crippen LogP contribution in [-0.4, -0.2) is 29.9 Å². The first-order chi connectivity index (χ1) is 9.28. The zero-order valence-corrected chi connectivity index (χ0v) is 12.6. The Kier molecular flexibility index (Phi) is 4.04. The second-order valence-corrected chi connectivity index (χ2v) is 6.53. The fourth-order valence-corrected chi connectivity index (χ4v) is 2.21. The minimum Gasteiger partial charge on any atom is -0.444 e. The maximum atomic E-state index is 12.0. The number of ether oxygens (including phenoxy) is 2. The lowest BCUT2D eigenvalue weighted by Crippen LogP contribution is -2.53. The Morgan fingerprint density at radius 2 is 1.90 bits per heavy atom. The average Bonchev–Trinajstić information content (AvgIpc) is 3.10. The second-order valence-electron chi connectivity index (χ2n) is 6.53. The number of nitrogens with one attached hydrogen (secondary N) is 1. The van der Waals surface area contributed by atoms with Crippen LogP contribution in [0.2, 0.25) is 0 Å².